The summed E-state index contributed by atoms with van der Waals surface area (Å²) < 4.78 is 38.7. The van der Waals surface area contributed by atoms with E-state index < -0.39 is 47.4 Å². The summed E-state index contributed by atoms with van der Waals surface area (Å²) in [4.78, 5) is 47.5. The molecular weight excluding hydrogens is 453 g/mol. The van der Waals surface area contributed by atoms with Gasteiger partial charge in [0.1, 0.15) is 12.1 Å². The number of aromatic nitrogens is 2. The van der Waals surface area contributed by atoms with Gasteiger partial charge in [0, 0.05) is 18.9 Å². The minimum Gasteiger partial charge on any atom is -0.336 e. The zero-order valence-electron chi connectivity index (χ0n) is 19.5. The smallest absolute Gasteiger partial charge is 0.336 e. The molecule has 1 unspecified atom stereocenters. The number of rotatable bonds is 5. The Balaban J connectivity index is 1.87. The van der Waals surface area contributed by atoms with Gasteiger partial charge >= 0.3 is 12.1 Å². The highest BCUT2D eigenvalue weighted by Crippen LogP contribution is 2.65. The molecule has 34 heavy (non-hydrogen) atoms. The number of likely N-dealkylation sites (tertiary alicyclic amines) is 1. The van der Waals surface area contributed by atoms with Crippen LogP contribution < -0.4 is 10.6 Å². The molecular formula is C22H27F3N6O3. The fourth-order valence-corrected chi connectivity index (χ4v) is 4.70. The van der Waals surface area contributed by atoms with Crippen LogP contribution in [0.5, 0.6) is 0 Å². The SMILES string of the molecule is CC(C)(C)[C@H](NC(=O)C(F)(F)F)C(=O)N1C[C@H]2[C@@H]([C@H]1C(=O)NC(C#N)c1cnccn1)C2(C)C. The van der Waals surface area contributed by atoms with Crippen molar-refractivity contribution < 1.29 is 27.6 Å². The van der Waals surface area contributed by atoms with Gasteiger partial charge in [-0.1, -0.05) is 34.6 Å². The molecule has 2 heterocycles. The number of hydrogen-bond acceptors (Lipinski definition) is 6. The molecule has 1 aromatic heterocycles. The van der Waals surface area contributed by atoms with Crippen molar-refractivity contribution >= 4 is 17.7 Å². The van der Waals surface area contributed by atoms with Crippen LogP contribution in [0.3, 0.4) is 0 Å². The van der Waals surface area contributed by atoms with Gasteiger partial charge < -0.3 is 15.5 Å². The molecule has 5 atom stereocenters. The number of halogens is 3. The maximum Gasteiger partial charge on any atom is 0.471 e. The Morgan fingerprint density at radius 3 is 2.35 bits per heavy atom. The van der Waals surface area contributed by atoms with Crippen LogP contribution >= 0.6 is 0 Å². The van der Waals surface area contributed by atoms with Gasteiger partial charge in [-0.25, -0.2) is 0 Å². The summed E-state index contributed by atoms with van der Waals surface area (Å²) in [5.74, 6) is -3.89. The maximum atomic E-state index is 13.4. The largest absolute Gasteiger partial charge is 0.471 e. The summed E-state index contributed by atoms with van der Waals surface area (Å²) in [7, 11) is 0. The fourth-order valence-electron chi connectivity index (χ4n) is 4.70. The quantitative estimate of drug-likeness (QED) is 0.661. The third-order valence-corrected chi connectivity index (χ3v) is 6.70. The first-order valence-corrected chi connectivity index (χ1v) is 10.7. The van der Waals surface area contributed by atoms with E-state index in [9.17, 15) is 32.8 Å². The highest BCUT2D eigenvalue weighted by molar-refractivity contribution is 5.95. The molecule has 9 nitrogen and oxygen atoms in total. The van der Waals surface area contributed by atoms with Crippen LogP contribution in [0.2, 0.25) is 0 Å². The molecule has 3 rings (SSSR count). The Bertz CT molecular complexity index is 1020. The molecule has 12 heteroatoms. The van der Waals surface area contributed by atoms with E-state index in [1.165, 1.54) is 44.3 Å². The number of hydrogen-bond donors (Lipinski definition) is 2. The van der Waals surface area contributed by atoms with Gasteiger partial charge in [0.15, 0.2) is 6.04 Å². The number of carbonyl (C=O) groups is 3. The van der Waals surface area contributed by atoms with Crippen molar-refractivity contribution in [1.29, 1.82) is 5.26 Å². The van der Waals surface area contributed by atoms with Crippen LogP contribution in [0, 0.1) is 34.0 Å². The van der Waals surface area contributed by atoms with E-state index in [1.54, 1.807) is 5.32 Å². The van der Waals surface area contributed by atoms with Crippen molar-refractivity contribution in [1.82, 2.24) is 25.5 Å². The molecule has 1 aromatic rings. The maximum absolute atomic E-state index is 13.4. The molecule has 0 aromatic carbocycles. The number of nitrogens with one attached hydrogen (secondary N) is 2. The minimum atomic E-state index is -5.16. The summed E-state index contributed by atoms with van der Waals surface area (Å²) >= 11 is 0. The van der Waals surface area contributed by atoms with Crippen molar-refractivity contribution in [2.75, 3.05) is 6.54 Å². The van der Waals surface area contributed by atoms with Crippen LogP contribution in [-0.2, 0) is 14.4 Å². The minimum absolute atomic E-state index is 0.0387. The van der Waals surface area contributed by atoms with Crippen molar-refractivity contribution in [3.05, 3.63) is 24.3 Å². The zero-order chi connectivity index (χ0) is 25.6. The molecule has 1 aliphatic carbocycles. The van der Waals surface area contributed by atoms with Crippen molar-refractivity contribution in [2.24, 2.45) is 22.7 Å². The van der Waals surface area contributed by atoms with Crippen molar-refractivity contribution in [2.45, 2.75) is 58.9 Å². The number of nitrogens with zero attached hydrogens (tertiary/aromatic N) is 4. The van der Waals surface area contributed by atoms with Gasteiger partial charge in [0.2, 0.25) is 11.8 Å². The van der Waals surface area contributed by atoms with Crippen LogP contribution in [-0.4, -0.2) is 57.4 Å². The second kappa shape index (κ2) is 8.52. The standard InChI is InChI=1S/C22H27F3N6O3/c1-20(2,3)16(30-19(34)22(23,24)25)18(33)31-10-11-14(21(11,4)5)15(31)17(32)29-12(8-26)13-9-27-6-7-28-13/h6-7,9,11-12,14-16H,10H2,1-5H3,(H,29,32)(H,30,34)/t11-,12?,14-,15-,16+/m0/s1. The highest BCUT2D eigenvalue weighted by atomic mass is 19.4. The lowest BCUT2D eigenvalue weighted by Gasteiger charge is -2.37. The molecule has 0 bridgehead atoms. The van der Waals surface area contributed by atoms with E-state index in [1.807, 2.05) is 19.9 Å². The summed E-state index contributed by atoms with van der Waals surface area (Å²) in [5.41, 5.74) is -1.11. The topological polar surface area (TPSA) is 128 Å². The second-order valence-electron chi connectivity index (χ2n) is 10.4. The van der Waals surface area contributed by atoms with E-state index in [-0.39, 0.29) is 29.5 Å². The average Bonchev–Trinajstić information content (AvgIpc) is 3.09. The molecule has 1 saturated carbocycles. The van der Waals surface area contributed by atoms with Crippen molar-refractivity contribution in [3.63, 3.8) is 0 Å². The summed E-state index contributed by atoms with van der Waals surface area (Å²) in [6.45, 7) is 8.64. The predicted molar refractivity (Wildman–Crippen MR) is 112 cm³/mol. The monoisotopic (exact) mass is 480 g/mol. The van der Waals surface area contributed by atoms with E-state index in [0.29, 0.717) is 0 Å². The zero-order valence-corrected chi connectivity index (χ0v) is 19.5. The summed E-state index contributed by atoms with van der Waals surface area (Å²) in [6.07, 6.45) is -1.05. The van der Waals surface area contributed by atoms with Crippen LogP contribution in [0.1, 0.15) is 46.4 Å². The predicted octanol–water partition coefficient (Wildman–Crippen LogP) is 1.73. The number of fused-ring (bicyclic) bond motifs is 1. The molecule has 0 radical (unpaired) electrons. The fraction of sp³-hybridized carbons (Fsp3) is 0.636. The molecule has 3 amide bonds. The lowest BCUT2D eigenvalue weighted by atomic mass is 9.85. The van der Waals surface area contributed by atoms with Crippen LogP contribution in [0.25, 0.3) is 0 Å². The Kier molecular flexibility index (Phi) is 6.37. The van der Waals surface area contributed by atoms with Gasteiger partial charge in [0.05, 0.1) is 18.0 Å². The Labute approximate surface area is 195 Å². The van der Waals surface area contributed by atoms with Gasteiger partial charge in [-0.3, -0.25) is 24.4 Å². The third kappa shape index (κ3) is 4.69. The van der Waals surface area contributed by atoms with E-state index in [2.05, 4.69) is 15.3 Å². The Morgan fingerprint density at radius 1 is 1.21 bits per heavy atom. The first kappa shape index (κ1) is 25.4. The molecule has 2 aliphatic rings. The van der Waals surface area contributed by atoms with Gasteiger partial charge in [-0.2, -0.15) is 18.4 Å². The lowest BCUT2D eigenvalue weighted by molar-refractivity contribution is -0.176. The molecule has 0 spiro atoms. The Hall–Kier alpha value is -3.23. The first-order valence-electron chi connectivity index (χ1n) is 10.7. The molecule has 1 saturated heterocycles. The second-order valence-corrected chi connectivity index (χ2v) is 10.4. The van der Waals surface area contributed by atoms with Crippen molar-refractivity contribution in [3.8, 4) is 6.07 Å². The number of piperidine rings is 1. The van der Waals surface area contributed by atoms with E-state index in [4.69, 9.17) is 0 Å². The van der Waals surface area contributed by atoms with E-state index >= 15 is 0 Å². The van der Waals surface area contributed by atoms with Crippen LogP contribution in [0.15, 0.2) is 18.6 Å². The average molecular weight is 480 g/mol. The lowest BCUT2D eigenvalue weighted by Crippen LogP contribution is -2.60. The van der Waals surface area contributed by atoms with Gasteiger partial charge in [0.25, 0.3) is 0 Å². The normalized spacial score (nSPS) is 24.9. The highest BCUT2D eigenvalue weighted by Gasteiger charge is 2.70. The van der Waals surface area contributed by atoms with Crippen LogP contribution in [0.4, 0.5) is 13.2 Å². The summed E-state index contributed by atoms with van der Waals surface area (Å²) in [5, 5.41) is 13.9. The number of alkyl halides is 3. The Morgan fingerprint density at radius 2 is 1.85 bits per heavy atom. The van der Waals surface area contributed by atoms with E-state index in [0.717, 1.165) is 0 Å². The number of amides is 3. The summed E-state index contributed by atoms with van der Waals surface area (Å²) in [6, 6.07) is -1.70. The molecule has 2 N–H and O–H groups in total. The number of carbonyl (C=O) groups excluding carboxylic acids is 3. The first-order chi connectivity index (χ1) is 15.6. The van der Waals surface area contributed by atoms with Gasteiger partial charge in [-0.05, 0) is 22.7 Å². The molecule has 2 fully saturated rings. The third-order valence-electron chi connectivity index (χ3n) is 6.70. The molecule has 1 aliphatic heterocycles. The molecule has 184 valence electrons. The number of nitriles is 1. The van der Waals surface area contributed by atoms with Gasteiger partial charge in [-0.15, -0.1) is 0 Å².